The highest BCUT2D eigenvalue weighted by molar-refractivity contribution is 5.52. The average molecular weight is 364 g/mol. The van der Waals surface area contributed by atoms with Crippen LogP contribution in [0.3, 0.4) is 0 Å². The molecule has 1 N–H and O–H groups in total. The lowest BCUT2D eigenvalue weighted by atomic mass is 9.96. The van der Waals surface area contributed by atoms with Crippen LogP contribution in [0, 0.1) is 5.82 Å². The van der Waals surface area contributed by atoms with Gasteiger partial charge < -0.3 is 4.98 Å². The van der Waals surface area contributed by atoms with Crippen LogP contribution in [0.4, 0.5) is 4.39 Å². The number of aromatic nitrogens is 3. The third-order valence-corrected chi connectivity index (χ3v) is 4.93. The maximum atomic E-state index is 14.0. The highest BCUT2D eigenvalue weighted by Crippen LogP contribution is 2.26. The number of benzene rings is 1. The lowest BCUT2D eigenvalue weighted by Crippen LogP contribution is -2.35. The molecule has 0 aliphatic carbocycles. The van der Waals surface area contributed by atoms with E-state index in [0.29, 0.717) is 29.3 Å². The van der Waals surface area contributed by atoms with E-state index in [-0.39, 0.29) is 17.3 Å². The zero-order chi connectivity index (χ0) is 18.6. The molecule has 2 aromatic heterocycles. The lowest BCUT2D eigenvalue weighted by molar-refractivity contribution is 0.194. The number of nitrogens with one attached hydrogen (secondary N) is 1. The summed E-state index contributed by atoms with van der Waals surface area (Å²) in [6.45, 7) is 2.21. The Bertz CT molecular complexity index is 973. The number of piperidine rings is 1. The predicted molar refractivity (Wildman–Crippen MR) is 102 cm³/mol. The van der Waals surface area contributed by atoms with Crippen LogP contribution in [-0.2, 0) is 6.54 Å². The largest absolute Gasteiger partial charge is 0.310 e. The Kier molecular flexibility index (Phi) is 5.07. The normalized spacial score (nSPS) is 17.7. The summed E-state index contributed by atoms with van der Waals surface area (Å²) in [5, 5.41) is 0. The summed E-state index contributed by atoms with van der Waals surface area (Å²) in [7, 11) is 0. The van der Waals surface area contributed by atoms with E-state index in [1.807, 2.05) is 30.3 Å². The van der Waals surface area contributed by atoms with E-state index in [1.165, 1.54) is 12.1 Å². The number of aromatic amines is 1. The second kappa shape index (κ2) is 7.80. The predicted octanol–water partition coefficient (Wildman–Crippen LogP) is 3.35. The minimum absolute atomic E-state index is 0.113. The Morgan fingerprint density at radius 3 is 2.81 bits per heavy atom. The van der Waals surface area contributed by atoms with E-state index in [0.717, 1.165) is 25.9 Å². The van der Waals surface area contributed by atoms with Gasteiger partial charge in [0.15, 0.2) is 0 Å². The van der Waals surface area contributed by atoms with Crippen LogP contribution in [-0.4, -0.2) is 32.9 Å². The van der Waals surface area contributed by atoms with Crippen LogP contribution >= 0.6 is 0 Å². The molecule has 27 heavy (non-hydrogen) atoms. The van der Waals surface area contributed by atoms with Crippen molar-refractivity contribution in [2.24, 2.45) is 0 Å². The molecule has 4 rings (SSSR count). The van der Waals surface area contributed by atoms with E-state index in [4.69, 9.17) is 0 Å². The van der Waals surface area contributed by atoms with Crippen LogP contribution in [0.2, 0.25) is 0 Å². The summed E-state index contributed by atoms with van der Waals surface area (Å²) in [4.78, 5) is 26.2. The van der Waals surface area contributed by atoms with E-state index in [2.05, 4.69) is 19.9 Å². The van der Waals surface area contributed by atoms with Crippen LogP contribution in [0.1, 0.15) is 30.1 Å². The fraction of sp³-hybridized carbons (Fsp3) is 0.286. The Hall–Kier alpha value is -2.86. The Labute approximate surface area is 156 Å². The standard InChI is InChI=1S/C21H21FN4O/c22-17-8-2-1-6-15(17)13-26-11-5-7-16(14-26)21-24-19(12-20(27)25-21)18-9-3-4-10-23-18/h1-4,6,8-10,12,16H,5,7,11,13-14H2,(H,24,25,27)/t16-/m0/s1. The van der Waals surface area contributed by atoms with Crippen molar-refractivity contribution >= 4 is 0 Å². The average Bonchev–Trinajstić information content (AvgIpc) is 2.70. The van der Waals surface area contributed by atoms with Crippen molar-refractivity contribution in [3.8, 4) is 11.4 Å². The van der Waals surface area contributed by atoms with Gasteiger partial charge in [0.2, 0.25) is 0 Å². The van der Waals surface area contributed by atoms with Crippen LogP contribution < -0.4 is 5.56 Å². The number of hydrogen-bond acceptors (Lipinski definition) is 4. The molecule has 1 atom stereocenters. The van der Waals surface area contributed by atoms with Gasteiger partial charge in [-0.05, 0) is 37.6 Å². The third-order valence-electron chi connectivity index (χ3n) is 4.93. The van der Waals surface area contributed by atoms with Gasteiger partial charge >= 0.3 is 0 Å². The maximum absolute atomic E-state index is 14.0. The molecule has 0 amide bonds. The molecule has 3 heterocycles. The van der Waals surface area contributed by atoms with Crippen molar-refractivity contribution in [1.29, 1.82) is 0 Å². The summed E-state index contributed by atoms with van der Waals surface area (Å²) in [5.41, 5.74) is 1.79. The lowest BCUT2D eigenvalue weighted by Gasteiger charge is -2.32. The van der Waals surface area contributed by atoms with E-state index >= 15 is 0 Å². The van der Waals surface area contributed by atoms with Crippen molar-refractivity contribution in [1.82, 2.24) is 19.9 Å². The Balaban J connectivity index is 1.55. The number of halogens is 1. The molecule has 1 aliphatic rings. The molecule has 0 bridgehead atoms. The summed E-state index contributed by atoms with van der Waals surface area (Å²) >= 11 is 0. The fourth-order valence-electron chi connectivity index (χ4n) is 3.61. The number of pyridine rings is 1. The first kappa shape index (κ1) is 17.5. The second-order valence-electron chi connectivity index (χ2n) is 6.90. The van der Waals surface area contributed by atoms with E-state index in [9.17, 15) is 9.18 Å². The smallest absolute Gasteiger partial charge is 0.251 e. The van der Waals surface area contributed by atoms with Gasteiger partial charge in [-0.15, -0.1) is 0 Å². The molecule has 3 aromatic rings. The molecule has 1 aliphatic heterocycles. The van der Waals surface area contributed by atoms with Crippen molar-refractivity contribution in [3.05, 3.63) is 82.3 Å². The second-order valence-corrected chi connectivity index (χ2v) is 6.90. The van der Waals surface area contributed by atoms with Crippen molar-refractivity contribution in [3.63, 3.8) is 0 Å². The Morgan fingerprint density at radius 2 is 2.00 bits per heavy atom. The Morgan fingerprint density at radius 1 is 1.15 bits per heavy atom. The van der Waals surface area contributed by atoms with E-state index < -0.39 is 0 Å². The molecular formula is C21H21FN4O. The number of rotatable bonds is 4. The molecule has 1 saturated heterocycles. The molecule has 0 saturated carbocycles. The molecule has 5 nitrogen and oxygen atoms in total. The molecule has 138 valence electrons. The van der Waals surface area contributed by atoms with E-state index in [1.54, 1.807) is 12.3 Å². The minimum atomic E-state index is -0.177. The van der Waals surface area contributed by atoms with Gasteiger partial charge in [0.25, 0.3) is 5.56 Å². The monoisotopic (exact) mass is 364 g/mol. The first-order valence-corrected chi connectivity index (χ1v) is 9.17. The first-order chi connectivity index (χ1) is 13.2. The van der Waals surface area contributed by atoms with Crippen molar-refractivity contribution in [2.75, 3.05) is 13.1 Å². The molecule has 1 aromatic carbocycles. The van der Waals surface area contributed by atoms with Gasteiger partial charge in [-0.1, -0.05) is 24.3 Å². The summed E-state index contributed by atoms with van der Waals surface area (Å²) in [5.74, 6) is 0.617. The molecule has 6 heteroatoms. The minimum Gasteiger partial charge on any atom is -0.310 e. The van der Waals surface area contributed by atoms with Crippen LogP contribution in [0.5, 0.6) is 0 Å². The van der Waals surface area contributed by atoms with Gasteiger partial charge in [0.05, 0.1) is 11.4 Å². The number of hydrogen-bond donors (Lipinski definition) is 1. The summed E-state index contributed by atoms with van der Waals surface area (Å²) < 4.78 is 14.0. The van der Waals surface area contributed by atoms with Crippen LogP contribution in [0.25, 0.3) is 11.4 Å². The van der Waals surface area contributed by atoms with Gasteiger partial charge in [-0.25, -0.2) is 9.37 Å². The molecule has 1 fully saturated rings. The molecular weight excluding hydrogens is 343 g/mol. The van der Waals surface area contributed by atoms with Gasteiger partial charge in [0.1, 0.15) is 11.6 Å². The SMILES string of the molecule is O=c1cc(-c2ccccn2)nc([C@H]2CCCN(Cc3ccccc3F)C2)[nH]1. The van der Waals surface area contributed by atoms with Crippen molar-refractivity contribution in [2.45, 2.75) is 25.3 Å². The maximum Gasteiger partial charge on any atom is 0.251 e. The van der Waals surface area contributed by atoms with Gasteiger partial charge in [-0.3, -0.25) is 14.7 Å². The number of nitrogens with zero attached hydrogens (tertiary/aromatic N) is 3. The number of likely N-dealkylation sites (tertiary alicyclic amines) is 1. The summed E-state index contributed by atoms with van der Waals surface area (Å²) in [6.07, 6.45) is 3.62. The summed E-state index contributed by atoms with van der Waals surface area (Å²) in [6, 6.07) is 13.9. The first-order valence-electron chi connectivity index (χ1n) is 9.17. The molecule has 0 spiro atoms. The molecule has 0 unspecified atom stereocenters. The number of H-pyrrole nitrogens is 1. The fourth-order valence-corrected chi connectivity index (χ4v) is 3.61. The van der Waals surface area contributed by atoms with Crippen LogP contribution in [0.15, 0.2) is 59.5 Å². The van der Waals surface area contributed by atoms with Gasteiger partial charge in [0, 0.05) is 36.8 Å². The van der Waals surface area contributed by atoms with Gasteiger partial charge in [-0.2, -0.15) is 0 Å². The zero-order valence-corrected chi connectivity index (χ0v) is 14.9. The molecule has 0 radical (unpaired) electrons. The topological polar surface area (TPSA) is 61.9 Å². The third kappa shape index (κ3) is 4.11. The highest BCUT2D eigenvalue weighted by Gasteiger charge is 2.24. The van der Waals surface area contributed by atoms with Crippen molar-refractivity contribution < 1.29 is 4.39 Å². The highest BCUT2D eigenvalue weighted by atomic mass is 19.1. The zero-order valence-electron chi connectivity index (χ0n) is 14.9. The quantitative estimate of drug-likeness (QED) is 0.771.